The molecule has 1 aliphatic heterocycles. The average Bonchev–Trinajstić information content (AvgIpc) is 3.52. The van der Waals surface area contributed by atoms with Gasteiger partial charge in [0, 0.05) is 30.8 Å². The number of aromatic nitrogens is 6. The summed E-state index contributed by atoms with van der Waals surface area (Å²) in [5.41, 5.74) is 6.05. The minimum absolute atomic E-state index is 0.233. The van der Waals surface area contributed by atoms with E-state index in [1.807, 2.05) is 65.9 Å². The van der Waals surface area contributed by atoms with Gasteiger partial charge in [-0.1, -0.05) is 60.7 Å². The van der Waals surface area contributed by atoms with Crippen LogP contribution in [0.4, 0.5) is 0 Å². The number of benzene rings is 2. The van der Waals surface area contributed by atoms with Crippen molar-refractivity contribution in [1.29, 1.82) is 0 Å². The molecule has 0 spiro atoms. The van der Waals surface area contributed by atoms with Gasteiger partial charge in [-0.3, -0.25) is 4.79 Å². The van der Waals surface area contributed by atoms with Crippen molar-refractivity contribution in [3.63, 3.8) is 0 Å². The molecule has 0 N–H and O–H groups in total. The van der Waals surface area contributed by atoms with E-state index in [9.17, 15) is 4.79 Å². The highest BCUT2D eigenvalue weighted by molar-refractivity contribution is 5.76. The van der Waals surface area contributed by atoms with Crippen LogP contribution in [0.15, 0.2) is 72.8 Å². The van der Waals surface area contributed by atoms with Crippen molar-refractivity contribution in [2.24, 2.45) is 5.92 Å². The van der Waals surface area contributed by atoms with E-state index in [1.165, 1.54) is 5.56 Å². The predicted molar refractivity (Wildman–Crippen MR) is 151 cm³/mol. The lowest BCUT2D eigenvalue weighted by Gasteiger charge is -2.32. The van der Waals surface area contributed by atoms with Crippen molar-refractivity contribution in [2.75, 3.05) is 13.1 Å². The zero-order valence-corrected chi connectivity index (χ0v) is 22.5. The molecule has 4 heterocycles. The highest BCUT2D eigenvalue weighted by atomic mass is 16.2. The second kappa shape index (κ2) is 10.8. The zero-order valence-electron chi connectivity index (χ0n) is 22.5. The van der Waals surface area contributed by atoms with Gasteiger partial charge in [0.05, 0.1) is 5.69 Å². The Balaban J connectivity index is 1.12. The standard InChI is InChI=1S/C31H33N7O/c1-22-27(13-16-30(39)36-19-17-25(18-20-36)21-24-9-5-3-6-10-24)23(2)37(34-22)29-15-14-28-32-33-31(38(28)35-29)26-11-7-4-8-12-26/h3-12,14-15,25H,13,16-21H2,1-2H3. The van der Waals surface area contributed by atoms with E-state index in [-0.39, 0.29) is 5.91 Å². The molecule has 8 nitrogen and oxygen atoms in total. The van der Waals surface area contributed by atoms with Crippen LogP contribution in [0.2, 0.25) is 0 Å². The molecule has 1 aliphatic rings. The second-order valence-electron chi connectivity index (χ2n) is 10.4. The van der Waals surface area contributed by atoms with Gasteiger partial charge < -0.3 is 4.90 Å². The number of carbonyl (C=O) groups is 1. The van der Waals surface area contributed by atoms with E-state index in [1.54, 1.807) is 4.52 Å². The van der Waals surface area contributed by atoms with E-state index in [2.05, 4.69) is 40.5 Å². The van der Waals surface area contributed by atoms with Crippen LogP contribution in [-0.2, 0) is 17.6 Å². The highest BCUT2D eigenvalue weighted by Crippen LogP contribution is 2.24. The third kappa shape index (κ3) is 5.19. The molecule has 1 saturated heterocycles. The van der Waals surface area contributed by atoms with E-state index in [0.717, 1.165) is 54.9 Å². The van der Waals surface area contributed by atoms with Gasteiger partial charge in [-0.15, -0.1) is 15.3 Å². The number of nitrogens with zero attached hydrogens (tertiary/aromatic N) is 7. The molecule has 6 rings (SSSR count). The van der Waals surface area contributed by atoms with Gasteiger partial charge >= 0.3 is 0 Å². The average molecular weight is 520 g/mol. The van der Waals surface area contributed by atoms with Crippen molar-refractivity contribution in [3.05, 3.63) is 95.3 Å². The van der Waals surface area contributed by atoms with Crippen molar-refractivity contribution >= 4 is 11.6 Å². The van der Waals surface area contributed by atoms with Gasteiger partial charge in [-0.05, 0) is 68.7 Å². The molecule has 0 aliphatic carbocycles. The van der Waals surface area contributed by atoms with Crippen molar-refractivity contribution in [2.45, 2.75) is 46.0 Å². The van der Waals surface area contributed by atoms with Gasteiger partial charge in [0.2, 0.25) is 5.91 Å². The quantitative estimate of drug-likeness (QED) is 0.302. The maximum absolute atomic E-state index is 13.1. The van der Waals surface area contributed by atoms with Crippen molar-refractivity contribution in [3.8, 4) is 17.2 Å². The molecule has 1 fully saturated rings. The maximum Gasteiger partial charge on any atom is 0.222 e. The van der Waals surface area contributed by atoms with Crippen LogP contribution in [-0.4, -0.2) is 53.5 Å². The van der Waals surface area contributed by atoms with Crippen molar-refractivity contribution < 1.29 is 4.79 Å². The van der Waals surface area contributed by atoms with E-state index < -0.39 is 0 Å². The largest absolute Gasteiger partial charge is 0.343 e. The Morgan fingerprint density at radius 3 is 2.33 bits per heavy atom. The number of hydrogen-bond donors (Lipinski definition) is 0. The van der Waals surface area contributed by atoms with Crippen LogP contribution in [0.5, 0.6) is 0 Å². The SMILES string of the molecule is Cc1nn(-c2ccc3nnc(-c4ccccc4)n3n2)c(C)c1CCC(=O)N1CCC(Cc2ccccc2)CC1. The number of aryl methyl sites for hydroxylation is 1. The summed E-state index contributed by atoms with van der Waals surface area (Å²) in [5.74, 6) is 2.26. The van der Waals surface area contributed by atoms with Gasteiger partial charge in [0.1, 0.15) is 0 Å². The van der Waals surface area contributed by atoms with Gasteiger partial charge in [0.25, 0.3) is 0 Å². The summed E-state index contributed by atoms with van der Waals surface area (Å²) in [6.45, 7) is 5.75. The highest BCUT2D eigenvalue weighted by Gasteiger charge is 2.24. The molecule has 5 aromatic rings. The van der Waals surface area contributed by atoms with Crippen LogP contribution in [0.1, 0.15) is 41.8 Å². The first-order valence-electron chi connectivity index (χ1n) is 13.7. The number of likely N-dealkylation sites (tertiary alicyclic amines) is 1. The first kappa shape index (κ1) is 25.0. The molecule has 1 amide bonds. The number of amides is 1. The van der Waals surface area contributed by atoms with Crippen LogP contribution in [0, 0.1) is 19.8 Å². The Labute approximate surface area is 228 Å². The Hall–Kier alpha value is -4.33. The number of rotatable bonds is 7. The summed E-state index contributed by atoms with van der Waals surface area (Å²) in [7, 11) is 0. The van der Waals surface area contributed by atoms with E-state index >= 15 is 0 Å². The fourth-order valence-electron chi connectivity index (χ4n) is 5.64. The molecular weight excluding hydrogens is 486 g/mol. The Morgan fingerprint density at radius 1 is 0.872 bits per heavy atom. The molecule has 2 aromatic carbocycles. The molecular formula is C31H33N7O. The molecule has 0 atom stereocenters. The number of piperidine rings is 1. The van der Waals surface area contributed by atoms with E-state index in [0.29, 0.717) is 36.0 Å². The zero-order chi connectivity index (χ0) is 26.8. The van der Waals surface area contributed by atoms with Crippen molar-refractivity contribution in [1.82, 2.24) is 34.5 Å². The van der Waals surface area contributed by atoms with Gasteiger partial charge in [0.15, 0.2) is 17.3 Å². The summed E-state index contributed by atoms with van der Waals surface area (Å²) in [5, 5.41) is 18.2. The fourth-order valence-corrected chi connectivity index (χ4v) is 5.64. The van der Waals surface area contributed by atoms with Gasteiger partial charge in [-0.25, -0.2) is 4.68 Å². The minimum atomic E-state index is 0.233. The van der Waals surface area contributed by atoms with Gasteiger partial charge in [-0.2, -0.15) is 9.61 Å². The topological polar surface area (TPSA) is 81.2 Å². The molecule has 198 valence electrons. The van der Waals surface area contributed by atoms with Crippen LogP contribution in [0.25, 0.3) is 22.9 Å². The summed E-state index contributed by atoms with van der Waals surface area (Å²) < 4.78 is 3.62. The Morgan fingerprint density at radius 2 is 1.59 bits per heavy atom. The predicted octanol–water partition coefficient (Wildman–Crippen LogP) is 5.01. The molecule has 0 radical (unpaired) electrons. The third-order valence-corrected chi connectivity index (χ3v) is 7.86. The lowest BCUT2D eigenvalue weighted by Crippen LogP contribution is -2.39. The summed E-state index contributed by atoms with van der Waals surface area (Å²) in [6, 6.07) is 24.4. The normalized spacial score (nSPS) is 14.3. The Kier molecular flexibility index (Phi) is 6.92. The number of fused-ring (bicyclic) bond motifs is 1. The first-order valence-corrected chi connectivity index (χ1v) is 13.7. The summed E-state index contributed by atoms with van der Waals surface area (Å²) in [4.78, 5) is 15.1. The number of hydrogen-bond acceptors (Lipinski definition) is 5. The van der Waals surface area contributed by atoms with Crippen LogP contribution in [0.3, 0.4) is 0 Å². The van der Waals surface area contributed by atoms with Crippen LogP contribution < -0.4 is 0 Å². The molecule has 39 heavy (non-hydrogen) atoms. The molecule has 0 unspecified atom stereocenters. The molecule has 3 aromatic heterocycles. The lowest BCUT2D eigenvalue weighted by atomic mass is 9.90. The first-order chi connectivity index (χ1) is 19.1. The smallest absolute Gasteiger partial charge is 0.222 e. The Bertz CT molecular complexity index is 1580. The monoisotopic (exact) mass is 519 g/mol. The lowest BCUT2D eigenvalue weighted by molar-refractivity contribution is -0.132. The number of carbonyl (C=O) groups excluding carboxylic acids is 1. The molecule has 8 heteroatoms. The van der Waals surface area contributed by atoms with Crippen LogP contribution >= 0.6 is 0 Å². The second-order valence-corrected chi connectivity index (χ2v) is 10.4. The molecule has 0 saturated carbocycles. The minimum Gasteiger partial charge on any atom is -0.343 e. The summed E-state index contributed by atoms with van der Waals surface area (Å²) in [6.07, 6.45) is 4.40. The maximum atomic E-state index is 13.1. The molecule has 0 bridgehead atoms. The third-order valence-electron chi connectivity index (χ3n) is 7.86. The van der Waals surface area contributed by atoms with E-state index in [4.69, 9.17) is 10.2 Å². The fraction of sp³-hybridized carbons (Fsp3) is 0.323. The summed E-state index contributed by atoms with van der Waals surface area (Å²) >= 11 is 0.